The lowest BCUT2D eigenvalue weighted by atomic mass is 9.99. The molecule has 0 saturated carbocycles. The fraction of sp³-hybridized carbons (Fsp3) is 0. The summed E-state index contributed by atoms with van der Waals surface area (Å²) in [5.41, 5.74) is 27.2. The minimum absolute atomic E-state index is 0.588. The first kappa shape index (κ1) is 83.9. The zero-order chi connectivity index (χ0) is 95.5. The highest BCUT2D eigenvalue weighted by Gasteiger charge is 2.27. The van der Waals surface area contributed by atoms with E-state index >= 15 is 0 Å². The standard InChI is InChI=1S/C46H29N3.C45H29N5.C42H25N3S/c1-2-10-30(11-3-1)32-18-20-33(21-19-32)36-24-26-40-43(29-36)49(42-27-25-34-13-6-7-15-38(34)44(40)42)46-47-41-17-9-8-16-39(41)45(48-46)37-23-22-31-12-4-5-14-35(31)28-37;1-3-14-30(15-4-1)43-46-44(31-16-5-2-6-17-31)48-45(47-43)50-41-25-12-9-22-37(41)38-29-33(26-27-42(38)50)32-18-13-19-34(28-32)49-39-23-10-7-20-35(39)36-21-8-11-24-40(36)49;1-2-11-26(12-3-1)28-21-23-33-37(25-28)45(36-24-22-27-13-4-5-14-29(27)39(33)36)42-43-35-19-8-6-16-32(35)40(44-42)34-18-10-17-31-30-15-7-9-20-38(30)46-41(31)34/h1-29H;1-29H;1-25H. The van der Waals surface area contributed by atoms with E-state index < -0.39 is 0 Å². The first-order chi connectivity index (χ1) is 71.9. The van der Waals surface area contributed by atoms with Crippen molar-refractivity contribution in [3.63, 3.8) is 0 Å². The molecule has 8 aromatic heterocycles. The van der Waals surface area contributed by atoms with Gasteiger partial charge in [0.2, 0.25) is 17.8 Å². The maximum Gasteiger partial charge on any atom is 0.238 e. The molecule has 0 amide bonds. The predicted octanol–water partition coefficient (Wildman–Crippen LogP) is 34.7. The summed E-state index contributed by atoms with van der Waals surface area (Å²) in [7, 11) is 0. The molecule has 0 aliphatic heterocycles. The Balaban J connectivity index is 0.000000106. The second-order valence-electron chi connectivity index (χ2n) is 36.9. The van der Waals surface area contributed by atoms with Crippen LogP contribution in [0.3, 0.4) is 0 Å². The zero-order valence-corrected chi connectivity index (χ0v) is 79.1. The van der Waals surface area contributed by atoms with Crippen molar-refractivity contribution in [2.24, 2.45) is 0 Å². The van der Waals surface area contributed by atoms with Gasteiger partial charge >= 0.3 is 0 Å². The molecule has 22 aromatic carbocycles. The average Bonchev–Trinajstić information content (AvgIpc) is 1.59. The number of aromatic nitrogens is 11. The third-order valence-electron chi connectivity index (χ3n) is 28.6. The second kappa shape index (κ2) is 35.0. The molecule has 8 heterocycles. The lowest BCUT2D eigenvalue weighted by Crippen LogP contribution is -2.06. The molecule has 0 atom stereocenters. The van der Waals surface area contributed by atoms with Gasteiger partial charge in [0, 0.05) is 102 Å². The summed E-state index contributed by atoms with van der Waals surface area (Å²) in [5.74, 6) is 3.20. The first-order valence-electron chi connectivity index (χ1n) is 49.0. The van der Waals surface area contributed by atoms with E-state index in [1.807, 2.05) is 72.0 Å². The Bertz CT molecular complexity index is 10300. The van der Waals surface area contributed by atoms with Gasteiger partial charge in [-0.15, -0.1) is 11.3 Å². The Morgan fingerprint density at radius 2 is 0.531 bits per heavy atom. The van der Waals surface area contributed by atoms with Gasteiger partial charge in [-0.3, -0.25) is 13.7 Å². The molecule has 0 saturated heterocycles. The van der Waals surface area contributed by atoms with Gasteiger partial charge in [0.25, 0.3) is 0 Å². The van der Waals surface area contributed by atoms with E-state index in [0.717, 1.165) is 127 Å². The van der Waals surface area contributed by atoms with E-state index in [2.05, 4.69) is 461 Å². The number of para-hydroxylation sites is 5. The van der Waals surface area contributed by atoms with Gasteiger partial charge in [-0.1, -0.05) is 413 Å². The summed E-state index contributed by atoms with van der Waals surface area (Å²) in [6.07, 6.45) is 0. The number of fused-ring (bicyclic) bond motifs is 22. The van der Waals surface area contributed by atoms with E-state index in [0.29, 0.717) is 29.5 Å². The van der Waals surface area contributed by atoms with Gasteiger partial charge in [0.1, 0.15) is 0 Å². The topological polar surface area (TPSA) is 110 Å². The molecule has 11 nitrogen and oxygen atoms in total. The zero-order valence-electron chi connectivity index (χ0n) is 78.2. The van der Waals surface area contributed by atoms with Crippen LogP contribution in [0.25, 0.3) is 275 Å². The quantitative estimate of drug-likeness (QED) is 0.120. The van der Waals surface area contributed by atoms with E-state index in [4.69, 9.17) is 34.9 Å². The largest absolute Gasteiger partial charge is 0.309 e. The summed E-state index contributed by atoms with van der Waals surface area (Å²) in [4.78, 5) is 36.5. The van der Waals surface area contributed by atoms with Gasteiger partial charge in [-0.2, -0.15) is 9.97 Å². The number of rotatable bonds is 12. The van der Waals surface area contributed by atoms with E-state index in [-0.39, 0.29) is 0 Å². The minimum Gasteiger partial charge on any atom is -0.309 e. The Morgan fingerprint density at radius 3 is 1.11 bits per heavy atom. The monoisotopic (exact) mass is 1870 g/mol. The third-order valence-corrected chi connectivity index (χ3v) is 29.8. The summed E-state index contributed by atoms with van der Waals surface area (Å²) in [6.45, 7) is 0. The van der Waals surface area contributed by atoms with Crippen LogP contribution in [-0.2, 0) is 0 Å². The molecule has 0 unspecified atom stereocenters. The number of nitrogens with zero attached hydrogens (tertiary/aromatic N) is 11. The molecule has 30 aromatic rings. The molecule has 145 heavy (non-hydrogen) atoms. The highest BCUT2D eigenvalue weighted by Crippen LogP contribution is 2.47. The summed E-state index contributed by atoms with van der Waals surface area (Å²) in [5, 5.41) is 21.5. The Kier molecular flexibility index (Phi) is 20.2. The van der Waals surface area contributed by atoms with Crippen LogP contribution >= 0.6 is 11.3 Å². The Morgan fingerprint density at radius 1 is 0.166 bits per heavy atom. The van der Waals surface area contributed by atoms with Gasteiger partial charge in [0.05, 0.1) is 66.6 Å². The van der Waals surface area contributed by atoms with E-state index in [1.54, 1.807) is 0 Å². The van der Waals surface area contributed by atoms with Crippen LogP contribution < -0.4 is 0 Å². The summed E-state index contributed by atoms with van der Waals surface area (Å²) >= 11 is 1.83. The highest BCUT2D eigenvalue weighted by atomic mass is 32.1. The first-order valence-corrected chi connectivity index (χ1v) is 49.8. The number of thiophene rings is 1. The number of hydrogen-bond donors (Lipinski definition) is 0. The van der Waals surface area contributed by atoms with Crippen molar-refractivity contribution >= 4 is 173 Å². The SMILES string of the molecule is c1ccc(-c2ccc(-c3ccc4c5c6ccccc6ccc5n(-c5nc(-c6ccc7ccccc7c6)c6ccccc6n5)c4c3)cc2)cc1.c1ccc(-c2ccc3c4c5ccccc5ccc4n(-c4nc(-c5cccc6c5sc5ccccc56)c5ccccc5n4)c3c2)cc1.c1ccc(-c2nc(-c3ccccc3)nc(-n3c4ccccc4c4cc(-c5cccc(-n6c7ccccc7c7ccccc76)c5)ccc43)n2)cc1. The highest BCUT2D eigenvalue weighted by molar-refractivity contribution is 7.26. The van der Waals surface area contributed by atoms with Crippen molar-refractivity contribution in [1.29, 1.82) is 0 Å². The molecular formula is C133H83N11S. The van der Waals surface area contributed by atoms with E-state index in [1.165, 1.54) is 118 Å². The van der Waals surface area contributed by atoms with Crippen LogP contribution in [0.5, 0.6) is 0 Å². The minimum atomic E-state index is 0.588. The number of hydrogen-bond acceptors (Lipinski definition) is 8. The van der Waals surface area contributed by atoms with Crippen LogP contribution in [0.15, 0.2) is 504 Å². The maximum absolute atomic E-state index is 5.48. The van der Waals surface area contributed by atoms with Gasteiger partial charge in [-0.25, -0.2) is 24.9 Å². The molecular weight excluding hydrogens is 1780 g/mol. The smallest absolute Gasteiger partial charge is 0.238 e. The van der Waals surface area contributed by atoms with Gasteiger partial charge in [-0.05, 0) is 168 Å². The molecule has 0 aliphatic rings. The molecule has 0 spiro atoms. The van der Waals surface area contributed by atoms with Crippen molar-refractivity contribution in [2.45, 2.75) is 0 Å². The van der Waals surface area contributed by atoms with Crippen molar-refractivity contribution in [3.05, 3.63) is 504 Å². The Hall–Kier alpha value is -19.3. The lowest BCUT2D eigenvalue weighted by Gasteiger charge is -2.13. The van der Waals surface area contributed by atoms with Crippen LogP contribution in [-0.4, -0.2) is 53.2 Å². The van der Waals surface area contributed by atoms with Gasteiger partial charge < -0.3 is 4.57 Å². The van der Waals surface area contributed by atoms with Crippen LogP contribution in [0, 0.1) is 0 Å². The normalized spacial score (nSPS) is 11.7. The molecule has 30 rings (SSSR count). The molecule has 0 fully saturated rings. The lowest BCUT2D eigenvalue weighted by molar-refractivity contribution is 0.953. The van der Waals surface area contributed by atoms with Crippen LogP contribution in [0.4, 0.5) is 0 Å². The molecule has 0 bridgehead atoms. The second-order valence-corrected chi connectivity index (χ2v) is 38.0. The van der Waals surface area contributed by atoms with Crippen LogP contribution in [0.2, 0.25) is 0 Å². The van der Waals surface area contributed by atoms with Crippen LogP contribution in [0.1, 0.15) is 0 Å². The van der Waals surface area contributed by atoms with Crippen molar-refractivity contribution < 1.29 is 0 Å². The maximum atomic E-state index is 5.48. The van der Waals surface area contributed by atoms with Crippen molar-refractivity contribution in [3.8, 4) is 113 Å². The Labute approximate surface area is 836 Å². The third kappa shape index (κ3) is 14.5. The molecule has 676 valence electrons. The predicted molar refractivity (Wildman–Crippen MR) is 605 cm³/mol. The molecule has 0 aliphatic carbocycles. The molecule has 0 N–H and O–H groups in total. The number of benzene rings is 22. The fourth-order valence-electron chi connectivity index (χ4n) is 21.8. The summed E-state index contributed by atoms with van der Waals surface area (Å²) < 4.78 is 11.6. The fourth-order valence-corrected chi connectivity index (χ4v) is 23.0. The summed E-state index contributed by atoms with van der Waals surface area (Å²) in [6, 6.07) is 178. The van der Waals surface area contributed by atoms with Crippen molar-refractivity contribution in [1.82, 2.24) is 53.2 Å². The molecule has 0 radical (unpaired) electrons. The van der Waals surface area contributed by atoms with Crippen molar-refractivity contribution in [2.75, 3.05) is 0 Å². The average molecular weight is 1870 g/mol. The van der Waals surface area contributed by atoms with Gasteiger partial charge in [0.15, 0.2) is 11.6 Å². The molecule has 12 heteroatoms. The van der Waals surface area contributed by atoms with E-state index in [9.17, 15) is 0 Å².